The summed E-state index contributed by atoms with van der Waals surface area (Å²) in [5.74, 6) is 1.39. The lowest BCUT2D eigenvalue weighted by atomic mass is 10.2. The van der Waals surface area contributed by atoms with Crippen molar-refractivity contribution in [2.75, 3.05) is 0 Å². The molecule has 0 atom stereocenters. The van der Waals surface area contributed by atoms with E-state index in [9.17, 15) is 0 Å². The van der Waals surface area contributed by atoms with Crippen molar-refractivity contribution in [1.82, 2.24) is 0 Å². The lowest BCUT2D eigenvalue weighted by molar-refractivity contribution is 0.865. The quantitative estimate of drug-likeness (QED) is 0.496. The third kappa shape index (κ3) is 4.77. The van der Waals surface area contributed by atoms with E-state index < -0.39 is 0 Å². The Bertz CT molecular complexity index is 180. The Morgan fingerprint density at radius 3 is 2.42 bits per heavy atom. The minimum atomic E-state index is 0.263. The van der Waals surface area contributed by atoms with E-state index >= 15 is 0 Å². The molecular weight excluding hydrogens is 150 g/mol. The van der Waals surface area contributed by atoms with Crippen molar-refractivity contribution < 1.29 is 0 Å². The van der Waals surface area contributed by atoms with Gasteiger partial charge in [-0.2, -0.15) is 0 Å². The van der Waals surface area contributed by atoms with Crippen LogP contribution in [0.3, 0.4) is 0 Å². The molecule has 12 heavy (non-hydrogen) atoms. The van der Waals surface area contributed by atoms with E-state index in [1.54, 1.807) is 0 Å². The van der Waals surface area contributed by atoms with Crippen LogP contribution >= 0.6 is 0 Å². The van der Waals surface area contributed by atoms with Gasteiger partial charge < -0.3 is 11.5 Å². The molecule has 0 aromatic heterocycles. The highest BCUT2D eigenvalue weighted by Crippen LogP contribution is 1.97. The second kappa shape index (κ2) is 5.63. The number of nitrogens with zero attached hydrogens (tertiary/aromatic N) is 1. The first kappa shape index (κ1) is 11.0. The number of allylic oxidation sites excluding steroid dienone is 1. The van der Waals surface area contributed by atoms with E-state index in [1.807, 2.05) is 19.9 Å². The van der Waals surface area contributed by atoms with Gasteiger partial charge >= 0.3 is 0 Å². The Labute approximate surface area is 74.5 Å². The number of unbranched alkanes of at least 4 members (excludes halogenated alkanes) is 1. The highest BCUT2D eigenvalue weighted by atomic mass is 15.0. The lowest BCUT2D eigenvalue weighted by Crippen LogP contribution is -2.19. The first-order valence-electron chi connectivity index (χ1n) is 4.37. The zero-order valence-electron chi connectivity index (χ0n) is 8.17. The van der Waals surface area contributed by atoms with Gasteiger partial charge in [0, 0.05) is 5.92 Å². The summed E-state index contributed by atoms with van der Waals surface area (Å²) in [6.07, 6.45) is 3.94. The third-order valence-corrected chi connectivity index (χ3v) is 1.49. The zero-order chi connectivity index (χ0) is 9.56. The summed E-state index contributed by atoms with van der Waals surface area (Å²) in [5, 5.41) is 0. The summed E-state index contributed by atoms with van der Waals surface area (Å²) in [7, 11) is 0. The smallest absolute Gasteiger partial charge is 0.121 e. The molecule has 0 spiro atoms. The van der Waals surface area contributed by atoms with Crippen molar-refractivity contribution in [3.63, 3.8) is 0 Å². The van der Waals surface area contributed by atoms with Crippen LogP contribution in [-0.2, 0) is 0 Å². The largest absolute Gasteiger partial charge is 0.387 e. The van der Waals surface area contributed by atoms with Crippen LogP contribution in [-0.4, -0.2) is 5.84 Å². The van der Waals surface area contributed by atoms with Crippen LogP contribution in [0.15, 0.2) is 16.9 Å². The topological polar surface area (TPSA) is 64.4 Å². The van der Waals surface area contributed by atoms with Crippen LogP contribution in [0.1, 0.15) is 33.6 Å². The summed E-state index contributed by atoms with van der Waals surface area (Å²) in [5.41, 5.74) is 11.2. The predicted molar refractivity (Wildman–Crippen MR) is 53.6 cm³/mol. The highest BCUT2D eigenvalue weighted by Gasteiger charge is 1.97. The predicted octanol–water partition coefficient (Wildman–Crippen LogP) is 1.60. The molecule has 0 bridgehead atoms. The molecule has 0 fully saturated rings. The highest BCUT2D eigenvalue weighted by molar-refractivity contribution is 5.82. The first-order valence-corrected chi connectivity index (χ1v) is 4.37. The Hall–Kier alpha value is -0.990. The average Bonchev–Trinajstić information content (AvgIpc) is 2.00. The maximum atomic E-state index is 5.62. The second-order valence-electron chi connectivity index (χ2n) is 3.11. The maximum absolute atomic E-state index is 5.62. The molecule has 3 heteroatoms. The Morgan fingerprint density at radius 1 is 1.42 bits per heavy atom. The molecule has 70 valence electrons. The number of hydrogen-bond acceptors (Lipinski definition) is 2. The molecule has 0 aromatic carbocycles. The van der Waals surface area contributed by atoms with Crippen LogP contribution < -0.4 is 11.5 Å². The van der Waals surface area contributed by atoms with Crippen molar-refractivity contribution in [2.45, 2.75) is 33.6 Å². The Kier molecular flexibility index (Phi) is 5.17. The first-order chi connectivity index (χ1) is 5.57. The van der Waals surface area contributed by atoms with E-state index in [4.69, 9.17) is 11.5 Å². The summed E-state index contributed by atoms with van der Waals surface area (Å²) >= 11 is 0. The molecule has 0 saturated carbocycles. The molecule has 4 N–H and O–H groups in total. The van der Waals surface area contributed by atoms with Crippen molar-refractivity contribution in [2.24, 2.45) is 22.4 Å². The van der Waals surface area contributed by atoms with Gasteiger partial charge in [-0.05, 0) is 12.5 Å². The van der Waals surface area contributed by atoms with Crippen molar-refractivity contribution >= 4 is 5.84 Å². The van der Waals surface area contributed by atoms with Gasteiger partial charge in [0.1, 0.15) is 11.7 Å². The van der Waals surface area contributed by atoms with Gasteiger partial charge in [-0.15, -0.1) is 0 Å². The maximum Gasteiger partial charge on any atom is 0.121 e. The molecule has 0 aliphatic heterocycles. The number of aliphatic imine (C=N–C) groups is 1. The normalized spacial score (nSPS) is 14.0. The lowest BCUT2D eigenvalue weighted by Gasteiger charge is -2.03. The van der Waals surface area contributed by atoms with Crippen molar-refractivity contribution in [3.05, 3.63) is 11.9 Å². The number of nitrogens with two attached hydrogens (primary N) is 2. The number of amidine groups is 1. The molecule has 0 saturated heterocycles. The molecule has 3 nitrogen and oxygen atoms in total. The third-order valence-electron chi connectivity index (χ3n) is 1.49. The van der Waals surface area contributed by atoms with Crippen molar-refractivity contribution in [3.8, 4) is 0 Å². The van der Waals surface area contributed by atoms with E-state index in [2.05, 4.69) is 11.9 Å². The molecule has 0 aliphatic rings. The summed E-state index contributed by atoms with van der Waals surface area (Å²) < 4.78 is 0. The van der Waals surface area contributed by atoms with Crippen molar-refractivity contribution in [1.29, 1.82) is 0 Å². The van der Waals surface area contributed by atoms with E-state index in [0.29, 0.717) is 11.7 Å². The number of hydrogen-bond donors (Lipinski definition) is 2. The van der Waals surface area contributed by atoms with Crippen LogP contribution in [0, 0.1) is 5.92 Å². The number of rotatable bonds is 4. The molecular formula is C9H19N3. The molecule has 0 aromatic rings. The molecule has 0 heterocycles. The molecule has 0 unspecified atom stereocenters. The summed E-state index contributed by atoms with van der Waals surface area (Å²) in [6, 6.07) is 0. The molecule has 0 aliphatic carbocycles. The summed E-state index contributed by atoms with van der Waals surface area (Å²) in [6.45, 7) is 6.08. The SMILES string of the molecule is CCC/C=C(N)\N=C(/N)C(C)C. The fourth-order valence-electron chi connectivity index (χ4n) is 0.616. The monoisotopic (exact) mass is 169 g/mol. The van der Waals surface area contributed by atoms with Gasteiger partial charge in [0.2, 0.25) is 0 Å². The fraction of sp³-hybridized carbons (Fsp3) is 0.667. The van der Waals surface area contributed by atoms with Gasteiger partial charge in [0.15, 0.2) is 0 Å². The molecule has 0 radical (unpaired) electrons. The minimum Gasteiger partial charge on any atom is -0.387 e. The van der Waals surface area contributed by atoms with Crippen LogP contribution in [0.4, 0.5) is 0 Å². The van der Waals surface area contributed by atoms with Gasteiger partial charge in [0.05, 0.1) is 0 Å². The van der Waals surface area contributed by atoms with Crippen LogP contribution in [0.5, 0.6) is 0 Å². The summed E-state index contributed by atoms with van der Waals surface area (Å²) in [4.78, 5) is 4.05. The average molecular weight is 169 g/mol. The van der Waals surface area contributed by atoms with E-state index in [-0.39, 0.29) is 5.92 Å². The second-order valence-corrected chi connectivity index (χ2v) is 3.11. The minimum absolute atomic E-state index is 0.263. The Morgan fingerprint density at radius 2 is 2.00 bits per heavy atom. The van der Waals surface area contributed by atoms with Gasteiger partial charge in [0.25, 0.3) is 0 Å². The Balaban J connectivity index is 4.12. The van der Waals surface area contributed by atoms with Crippen LogP contribution in [0.25, 0.3) is 0 Å². The van der Waals surface area contributed by atoms with Crippen LogP contribution in [0.2, 0.25) is 0 Å². The van der Waals surface area contributed by atoms with Gasteiger partial charge in [-0.1, -0.05) is 27.2 Å². The zero-order valence-corrected chi connectivity index (χ0v) is 8.17. The molecule has 0 amide bonds. The van der Waals surface area contributed by atoms with E-state index in [1.165, 1.54) is 0 Å². The standard InChI is InChI=1S/C9H19N3/c1-4-5-6-8(10)12-9(11)7(2)3/h6-7H,4-5,10H2,1-3H3,(H2,11,12)/b8-6-. The van der Waals surface area contributed by atoms with Gasteiger partial charge in [-0.25, -0.2) is 4.99 Å². The van der Waals surface area contributed by atoms with E-state index in [0.717, 1.165) is 12.8 Å². The van der Waals surface area contributed by atoms with Gasteiger partial charge in [-0.3, -0.25) is 0 Å². The fourth-order valence-corrected chi connectivity index (χ4v) is 0.616. The molecule has 0 rings (SSSR count).